The number of anilines is 1. The smallest absolute Gasteiger partial charge is 0.319 e. The summed E-state index contributed by atoms with van der Waals surface area (Å²) in [5.41, 5.74) is 0.235. The summed E-state index contributed by atoms with van der Waals surface area (Å²) in [6, 6.07) is 3.65. The van der Waals surface area contributed by atoms with Gasteiger partial charge in [-0.1, -0.05) is 11.6 Å². The zero-order valence-electron chi connectivity index (χ0n) is 13.5. The van der Waals surface area contributed by atoms with E-state index in [0.29, 0.717) is 25.9 Å². The number of likely N-dealkylation sites (tertiary alicyclic amines) is 1. The third-order valence-electron chi connectivity index (χ3n) is 3.89. The van der Waals surface area contributed by atoms with Crippen LogP contribution < -0.4 is 10.6 Å². The van der Waals surface area contributed by atoms with Crippen molar-refractivity contribution in [2.45, 2.75) is 30.7 Å². The average molecular weight is 374 g/mol. The fraction of sp³-hybridized carbons (Fsp3) is 0.467. The van der Waals surface area contributed by atoms with Crippen LogP contribution in [0.15, 0.2) is 23.1 Å². The molecular formula is C15H20ClN3O4S. The van der Waals surface area contributed by atoms with E-state index in [4.69, 9.17) is 11.6 Å². The normalized spacial score (nSPS) is 15.9. The van der Waals surface area contributed by atoms with Gasteiger partial charge in [-0.25, -0.2) is 13.2 Å². The Morgan fingerprint density at radius 3 is 2.42 bits per heavy atom. The van der Waals surface area contributed by atoms with Crippen molar-refractivity contribution in [3.05, 3.63) is 23.2 Å². The molecule has 3 amide bonds. The Morgan fingerprint density at radius 2 is 1.88 bits per heavy atom. The lowest BCUT2D eigenvalue weighted by Gasteiger charge is -2.31. The number of urea groups is 1. The Kier molecular flexibility index (Phi) is 5.71. The van der Waals surface area contributed by atoms with Gasteiger partial charge in [0, 0.05) is 32.3 Å². The second kappa shape index (κ2) is 7.40. The quantitative estimate of drug-likeness (QED) is 0.845. The van der Waals surface area contributed by atoms with Gasteiger partial charge in [-0.2, -0.15) is 0 Å². The van der Waals surface area contributed by atoms with Gasteiger partial charge in [0.05, 0.1) is 15.6 Å². The number of amides is 3. The summed E-state index contributed by atoms with van der Waals surface area (Å²) in [4.78, 5) is 25.2. The van der Waals surface area contributed by atoms with Crippen molar-refractivity contribution in [2.75, 3.05) is 24.7 Å². The first-order valence-electron chi connectivity index (χ1n) is 7.49. The van der Waals surface area contributed by atoms with Crippen molar-refractivity contribution in [2.24, 2.45) is 0 Å². The average Bonchev–Trinajstić information content (AvgIpc) is 2.48. The summed E-state index contributed by atoms with van der Waals surface area (Å²) in [5, 5.41) is 5.65. The van der Waals surface area contributed by atoms with Crippen molar-refractivity contribution in [1.82, 2.24) is 10.2 Å². The molecule has 2 N–H and O–H groups in total. The highest BCUT2D eigenvalue weighted by atomic mass is 35.5. The van der Waals surface area contributed by atoms with E-state index in [1.54, 1.807) is 4.90 Å². The molecule has 0 bridgehead atoms. The molecule has 0 aromatic heterocycles. The minimum absolute atomic E-state index is 0.0299. The lowest BCUT2D eigenvalue weighted by Crippen LogP contribution is -2.47. The van der Waals surface area contributed by atoms with Crippen molar-refractivity contribution in [3.8, 4) is 0 Å². The number of rotatable bonds is 3. The van der Waals surface area contributed by atoms with Crippen LogP contribution in [-0.4, -0.2) is 50.6 Å². The van der Waals surface area contributed by atoms with Gasteiger partial charge in [-0.3, -0.25) is 4.79 Å². The lowest BCUT2D eigenvalue weighted by molar-refractivity contribution is -0.129. The van der Waals surface area contributed by atoms with Crippen LogP contribution in [0.1, 0.15) is 19.8 Å². The number of hydrogen-bond donors (Lipinski definition) is 2. The number of carbonyl (C=O) groups is 2. The maximum Gasteiger partial charge on any atom is 0.319 e. The standard InChI is InChI=1S/C15H20ClN3O4S/c1-10(20)19-7-5-11(6-8-19)17-15(21)18-14-9-12(24(2,22)23)3-4-13(14)16/h3-4,9,11H,5-8H2,1-2H3,(H2,17,18,21). The molecule has 24 heavy (non-hydrogen) atoms. The molecule has 1 aliphatic rings. The SMILES string of the molecule is CC(=O)N1CCC(NC(=O)Nc2cc(S(C)(=O)=O)ccc2Cl)CC1. The van der Waals surface area contributed by atoms with E-state index in [1.807, 2.05) is 0 Å². The van der Waals surface area contributed by atoms with Gasteiger partial charge < -0.3 is 15.5 Å². The predicted molar refractivity (Wildman–Crippen MR) is 92.0 cm³/mol. The van der Waals surface area contributed by atoms with E-state index in [-0.39, 0.29) is 27.6 Å². The van der Waals surface area contributed by atoms with Crippen LogP contribution in [-0.2, 0) is 14.6 Å². The molecule has 2 rings (SSSR count). The van der Waals surface area contributed by atoms with E-state index in [1.165, 1.54) is 25.1 Å². The minimum atomic E-state index is -3.39. The second-order valence-corrected chi connectivity index (χ2v) is 8.22. The molecule has 1 aromatic rings. The molecule has 7 nitrogen and oxygen atoms in total. The molecule has 1 saturated heterocycles. The third kappa shape index (κ3) is 4.85. The Morgan fingerprint density at radius 1 is 1.25 bits per heavy atom. The maximum atomic E-state index is 12.1. The van der Waals surface area contributed by atoms with Crippen molar-refractivity contribution < 1.29 is 18.0 Å². The van der Waals surface area contributed by atoms with E-state index in [9.17, 15) is 18.0 Å². The first-order chi connectivity index (χ1) is 11.2. The number of piperidine rings is 1. The summed E-state index contributed by atoms with van der Waals surface area (Å²) >= 11 is 6.01. The fourth-order valence-corrected chi connectivity index (χ4v) is 3.33. The maximum absolute atomic E-state index is 12.1. The second-order valence-electron chi connectivity index (χ2n) is 5.79. The molecule has 0 radical (unpaired) electrons. The molecule has 1 heterocycles. The van der Waals surface area contributed by atoms with E-state index < -0.39 is 15.9 Å². The number of halogens is 1. The monoisotopic (exact) mass is 373 g/mol. The van der Waals surface area contributed by atoms with Gasteiger partial charge in [-0.05, 0) is 31.0 Å². The molecule has 0 atom stereocenters. The van der Waals surface area contributed by atoms with Gasteiger partial charge in [0.2, 0.25) is 5.91 Å². The Labute approximate surface area is 146 Å². The largest absolute Gasteiger partial charge is 0.343 e. The van der Waals surface area contributed by atoms with E-state index in [2.05, 4.69) is 10.6 Å². The van der Waals surface area contributed by atoms with Gasteiger partial charge in [-0.15, -0.1) is 0 Å². The first-order valence-corrected chi connectivity index (χ1v) is 9.76. The van der Waals surface area contributed by atoms with Crippen LogP contribution in [0.2, 0.25) is 5.02 Å². The molecule has 0 unspecified atom stereocenters. The molecule has 1 aliphatic heterocycles. The summed E-state index contributed by atoms with van der Waals surface area (Å²) in [5.74, 6) is 0.0299. The van der Waals surface area contributed by atoms with E-state index in [0.717, 1.165) is 6.26 Å². The summed E-state index contributed by atoms with van der Waals surface area (Å²) < 4.78 is 23.2. The van der Waals surface area contributed by atoms with Crippen molar-refractivity contribution in [3.63, 3.8) is 0 Å². The number of sulfone groups is 1. The molecule has 1 aromatic carbocycles. The number of carbonyl (C=O) groups excluding carboxylic acids is 2. The van der Waals surface area contributed by atoms with Crippen LogP contribution in [0.25, 0.3) is 0 Å². The predicted octanol–water partition coefficient (Wildman–Crippen LogP) is 1.88. The van der Waals surface area contributed by atoms with Crippen LogP contribution in [0.5, 0.6) is 0 Å². The van der Waals surface area contributed by atoms with Crippen LogP contribution in [0.4, 0.5) is 10.5 Å². The number of benzene rings is 1. The lowest BCUT2D eigenvalue weighted by atomic mass is 10.1. The summed E-state index contributed by atoms with van der Waals surface area (Å²) in [7, 11) is -3.39. The van der Waals surface area contributed by atoms with Crippen LogP contribution in [0.3, 0.4) is 0 Å². The van der Waals surface area contributed by atoms with Gasteiger partial charge in [0.1, 0.15) is 0 Å². The molecule has 132 valence electrons. The molecule has 0 saturated carbocycles. The molecule has 9 heteroatoms. The highest BCUT2D eigenvalue weighted by Gasteiger charge is 2.22. The van der Waals surface area contributed by atoms with Gasteiger partial charge in [0.25, 0.3) is 0 Å². The van der Waals surface area contributed by atoms with Crippen molar-refractivity contribution >= 4 is 39.1 Å². The molecule has 0 spiro atoms. The minimum Gasteiger partial charge on any atom is -0.343 e. The van der Waals surface area contributed by atoms with E-state index >= 15 is 0 Å². The number of nitrogens with one attached hydrogen (secondary N) is 2. The van der Waals surface area contributed by atoms with Crippen LogP contribution >= 0.6 is 11.6 Å². The zero-order valence-corrected chi connectivity index (χ0v) is 15.1. The Balaban J connectivity index is 1.97. The van der Waals surface area contributed by atoms with Gasteiger partial charge >= 0.3 is 6.03 Å². The molecular weight excluding hydrogens is 354 g/mol. The Bertz CT molecular complexity index is 743. The number of nitrogens with zero attached hydrogens (tertiary/aromatic N) is 1. The highest BCUT2D eigenvalue weighted by molar-refractivity contribution is 7.90. The first kappa shape index (κ1) is 18.5. The number of hydrogen-bond acceptors (Lipinski definition) is 4. The Hall–Kier alpha value is -1.80. The molecule has 1 fully saturated rings. The fourth-order valence-electron chi connectivity index (χ4n) is 2.51. The van der Waals surface area contributed by atoms with Gasteiger partial charge in [0.15, 0.2) is 9.84 Å². The highest BCUT2D eigenvalue weighted by Crippen LogP contribution is 2.25. The summed E-state index contributed by atoms with van der Waals surface area (Å²) in [6.07, 6.45) is 2.43. The molecule has 0 aliphatic carbocycles. The topological polar surface area (TPSA) is 95.6 Å². The third-order valence-corrected chi connectivity index (χ3v) is 5.33. The summed E-state index contributed by atoms with van der Waals surface area (Å²) in [6.45, 7) is 2.73. The van der Waals surface area contributed by atoms with Crippen molar-refractivity contribution in [1.29, 1.82) is 0 Å². The zero-order chi connectivity index (χ0) is 17.9. The van der Waals surface area contributed by atoms with Crippen LogP contribution in [0, 0.1) is 0 Å².